The molecule has 9 heteroatoms. The number of anilines is 1. The molecule has 0 bridgehead atoms. The molecule has 0 saturated heterocycles. The van der Waals surface area contributed by atoms with Crippen LogP contribution in [-0.2, 0) is 11.8 Å². The second-order valence-electron chi connectivity index (χ2n) is 7.17. The number of halogens is 1. The van der Waals surface area contributed by atoms with E-state index < -0.39 is 0 Å². The van der Waals surface area contributed by atoms with Crippen molar-refractivity contribution in [2.24, 2.45) is 7.05 Å². The number of nitrogens with one attached hydrogen (secondary N) is 1. The van der Waals surface area contributed by atoms with Gasteiger partial charge in [0.25, 0.3) is 0 Å². The molecule has 0 spiro atoms. The number of carbonyl (C=O) groups excluding carboxylic acids is 1. The first-order valence-corrected chi connectivity index (χ1v) is 11.0. The standard InChI is InChI=1S/C22H25ClN4O3S/c1-13(2)14-6-8-15(9-7-14)21-25-26-22(27(21)3)31-12-20(28)24-17-11-18(29-4)16(23)10-19(17)30-5/h6-11,13H,12H2,1-5H3,(H,24,28). The van der Waals surface area contributed by atoms with Crippen LogP contribution < -0.4 is 14.8 Å². The molecule has 1 heterocycles. The number of hydrogen-bond donors (Lipinski definition) is 1. The van der Waals surface area contributed by atoms with Crippen LogP contribution in [0.4, 0.5) is 5.69 Å². The first-order valence-electron chi connectivity index (χ1n) is 9.68. The monoisotopic (exact) mass is 460 g/mol. The van der Waals surface area contributed by atoms with Crippen LogP contribution in [0.15, 0.2) is 41.6 Å². The normalized spacial score (nSPS) is 10.9. The third-order valence-electron chi connectivity index (χ3n) is 4.75. The van der Waals surface area contributed by atoms with Crippen molar-refractivity contribution in [3.05, 3.63) is 47.0 Å². The summed E-state index contributed by atoms with van der Waals surface area (Å²) in [6.07, 6.45) is 0. The summed E-state index contributed by atoms with van der Waals surface area (Å²) in [6, 6.07) is 11.5. The van der Waals surface area contributed by atoms with Crippen molar-refractivity contribution >= 4 is 35.0 Å². The summed E-state index contributed by atoms with van der Waals surface area (Å²) in [6.45, 7) is 4.32. The quantitative estimate of drug-likeness (QED) is 0.476. The zero-order valence-electron chi connectivity index (χ0n) is 18.1. The highest BCUT2D eigenvalue weighted by Crippen LogP contribution is 2.36. The number of ether oxygens (including phenoxy) is 2. The molecule has 31 heavy (non-hydrogen) atoms. The van der Waals surface area contributed by atoms with Gasteiger partial charge in [0.2, 0.25) is 5.91 Å². The lowest BCUT2D eigenvalue weighted by molar-refractivity contribution is -0.113. The van der Waals surface area contributed by atoms with Crippen LogP contribution in [0, 0.1) is 0 Å². The predicted molar refractivity (Wildman–Crippen MR) is 124 cm³/mol. The maximum atomic E-state index is 12.5. The minimum Gasteiger partial charge on any atom is -0.495 e. The number of nitrogens with zero attached hydrogens (tertiary/aromatic N) is 3. The summed E-state index contributed by atoms with van der Waals surface area (Å²) in [5, 5.41) is 12.4. The number of carbonyl (C=O) groups is 1. The van der Waals surface area contributed by atoms with Gasteiger partial charge in [0.05, 0.1) is 30.7 Å². The van der Waals surface area contributed by atoms with Gasteiger partial charge in [0, 0.05) is 24.7 Å². The van der Waals surface area contributed by atoms with Crippen molar-refractivity contribution in [1.82, 2.24) is 14.8 Å². The summed E-state index contributed by atoms with van der Waals surface area (Å²) in [4.78, 5) is 12.5. The molecule has 2 aromatic carbocycles. The maximum absolute atomic E-state index is 12.5. The Morgan fingerprint density at radius 2 is 1.81 bits per heavy atom. The predicted octanol–water partition coefficient (Wildman–Crippen LogP) is 5.01. The Bertz CT molecular complexity index is 1070. The Labute approximate surface area is 191 Å². The highest BCUT2D eigenvalue weighted by molar-refractivity contribution is 7.99. The molecule has 3 aromatic rings. The van der Waals surface area contributed by atoms with E-state index in [1.54, 1.807) is 12.1 Å². The molecule has 7 nitrogen and oxygen atoms in total. The minimum atomic E-state index is -0.210. The van der Waals surface area contributed by atoms with Gasteiger partial charge < -0.3 is 19.4 Å². The smallest absolute Gasteiger partial charge is 0.234 e. The third kappa shape index (κ3) is 5.32. The Hall–Kier alpha value is -2.71. The van der Waals surface area contributed by atoms with Crippen LogP contribution in [0.2, 0.25) is 5.02 Å². The van der Waals surface area contributed by atoms with E-state index in [9.17, 15) is 4.79 Å². The molecule has 0 aliphatic carbocycles. The van der Waals surface area contributed by atoms with Crippen molar-refractivity contribution in [1.29, 1.82) is 0 Å². The molecule has 0 unspecified atom stereocenters. The van der Waals surface area contributed by atoms with Gasteiger partial charge in [-0.25, -0.2) is 0 Å². The van der Waals surface area contributed by atoms with Crippen LogP contribution >= 0.6 is 23.4 Å². The highest BCUT2D eigenvalue weighted by Gasteiger charge is 2.16. The summed E-state index contributed by atoms with van der Waals surface area (Å²) in [5.41, 5.74) is 2.73. The van der Waals surface area contributed by atoms with E-state index in [2.05, 4.69) is 41.5 Å². The lowest BCUT2D eigenvalue weighted by Crippen LogP contribution is -2.15. The number of rotatable bonds is 8. The van der Waals surface area contributed by atoms with Gasteiger partial charge in [-0.05, 0) is 11.5 Å². The summed E-state index contributed by atoms with van der Waals surface area (Å²) >= 11 is 7.42. The SMILES string of the molecule is COc1cc(NC(=O)CSc2nnc(-c3ccc(C(C)C)cc3)n2C)c(OC)cc1Cl. The van der Waals surface area contributed by atoms with Crippen LogP contribution in [0.25, 0.3) is 11.4 Å². The number of amides is 1. The van der Waals surface area contributed by atoms with Gasteiger partial charge in [0.1, 0.15) is 11.5 Å². The van der Waals surface area contributed by atoms with Crippen molar-refractivity contribution < 1.29 is 14.3 Å². The van der Waals surface area contributed by atoms with Gasteiger partial charge >= 0.3 is 0 Å². The molecule has 1 N–H and O–H groups in total. The van der Waals surface area contributed by atoms with E-state index in [-0.39, 0.29) is 11.7 Å². The summed E-state index contributed by atoms with van der Waals surface area (Å²) in [5.74, 6) is 2.08. The number of thioether (sulfide) groups is 1. The molecule has 1 amide bonds. The average Bonchev–Trinajstić information content (AvgIpc) is 3.13. The number of methoxy groups -OCH3 is 2. The lowest BCUT2D eigenvalue weighted by atomic mass is 10.0. The van der Waals surface area contributed by atoms with Crippen molar-refractivity contribution in [2.45, 2.75) is 24.9 Å². The molecular formula is C22H25ClN4O3S. The fourth-order valence-corrected chi connectivity index (χ4v) is 3.93. The van der Waals surface area contributed by atoms with E-state index in [0.717, 1.165) is 11.4 Å². The molecule has 0 aliphatic heterocycles. The van der Waals surface area contributed by atoms with E-state index in [4.69, 9.17) is 21.1 Å². The fraction of sp³-hybridized carbons (Fsp3) is 0.318. The Morgan fingerprint density at radius 3 is 2.42 bits per heavy atom. The first kappa shape index (κ1) is 23.0. The first-order chi connectivity index (χ1) is 14.8. The molecule has 164 valence electrons. The zero-order valence-corrected chi connectivity index (χ0v) is 19.7. The molecule has 3 rings (SSSR count). The van der Waals surface area contributed by atoms with E-state index >= 15 is 0 Å². The fourth-order valence-electron chi connectivity index (χ4n) is 2.98. The number of aromatic nitrogens is 3. The summed E-state index contributed by atoms with van der Waals surface area (Å²) < 4.78 is 12.4. The number of benzene rings is 2. The van der Waals surface area contributed by atoms with Crippen LogP contribution in [0.3, 0.4) is 0 Å². The van der Waals surface area contributed by atoms with E-state index in [0.29, 0.717) is 33.3 Å². The molecule has 0 saturated carbocycles. The largest absolute Gasteiger partial charge is 0.495 e. The third-order valence-corrected chi connectivity index (χ3v) is 6.07. The van der Waals surface area contributed by atoms with Crippen molar-refractivity contribution in [3.8, 4) is 22.9 Å². The minimum absolute atomic E-state index is 0.159. The van der Waals surface area contributed by atoms with Crippen molar-refractivity contribution in [2.75, 3.05) is 25.3 Å². The number of hydrogen-bond acceptors (Lipinski definition) is 6. The van der Waals surface area contributed by atoms with Gasteiger partial charge in [-0.3, -0.25) is 4.79 Å². The lowest BCUT2D eigenvalue weighted by Gasteiger charge is -2.13. The topological polar surface area (TPSA) is 78.3 Å². The molecular weight excluding hydrogens is 436 g/mol. The highest BCUT2D eigenvalue weighted by atomic mass is 35.5. The molecule has 0 radical (unpaired) electrons. The van der Waals surface area contributed by atoms with Crippen molar-refractivity contribution in [3.63, 3.8) is 0 Å². The van der Waals surface area contributed by atoms with E-state index in [1.165, 1.54) is 31.5 Å². The molecule has 0 fully saturated rings. The van der Waals surface area contributed by atoms with Gasteiger partial charge in [-0.15, -0.1) is 10.2 Å². The van der Waals surface area contributed by atoms with Gasteiger partial charge in [-0.2, -0.15) is 0 Å². The van der Waals surface area contributed by atoms with Gasteiger partial charge in [0.15, 0.2) is 11.0 Å². The Balaban J connectivity index is 1.68. The molecule has 0 aliphatic rings. The van der Waals surface area contributed by atoms with Crippen LogP contribution in [0.1, 0.15) is 25.3 Å². The molecule has 0 atom stereocenters. The Morgan fingerprint density at radius 1 is 1.13 bits per heavy atom. The average molecular weight is 461 g/mol. The Kier molecular flexibility index (Phi) is 7.46. The zero-order chi connectivity index (χ0) is 22.5. The second-order valence-corrected chi connectivity index (χ2v) is 8.52. The second kappa shape index (κ2) is 10.1. The maximum Gasteiger partial charge on any atom is 0.234 e. The summed E-state index contributed by atoms with van der Waals surface area (Å²) in [7, 11) is 4.91. The molecule has 1 aromatic heterocycles. The van der Waals surface area contributed by atoms with Crippen LogP contribution in [-0.4, -0.2) is 40.6 Å². The van der Waals surface area contributed by atoms with Crippen LogP contribution in [0.5, 0.6) is 11.5 Å². The van der Waals surface area contributed by atoms with E-state index in [1.807, 2.05) is 23.7 Å². The van der Waals surface area contributed by atoms with Gasteiger partial charge in [-0.1, -0.05) is 61.5 Å².